The van der Waals surface area contributed by atoms with Crippen molar-refractivity contribution >= 4 is 5.97 Å². The highest BCUT2D eigenvalue weighted by molar-refractivity contribution is 5.75. The van der Waals surface area contributed by atoms with Gasteiger partial charge in [0.1, 0.15) is 6.04 Å². The standard InChI is InChI=1S/C15H24N2O2/c1-4-6-10-14(15(18)19-3)17(5-2)12-13-9-7-8-11-16-13/h7-9,11,14H,4-6,10,12H2,1-3H3. The van der Waals surface area contributed by atoms with Crippen molar-refractivity contribution in [3.8, 4) is 0 Å². The quantitative estimate of drug-likeness (QED) is 0.677. The second kappa shape index (κ2) is 8.64. The van der Waals surface area contributed by atoms with Crippen LogP contribution in [-0.4, -0.2) is 35.5 Å². The van der Waals surface area contributed by atoms with E-state index in [1.807, 2.05) is 18.2 Å². The second-order valence-electron chi connectivity index (χ2n) is 4.57. The van der Waals surface area contributed by atoms with E-state index in [1.165, 1.54) is 7.11 Å². The fourth-order valence-electron chi connectivity index (χ4n) is 2.13. The van der Waals surface area contributed by atoms with Crippen molar-refractivity contribution in [3.63, 3.8) is 0 Å². The Labute approximate surface area is 115 Å². The average molecular weight is 264 g/mol. The van der Waals surface area contributed by atoms with Crippen LogP contribution in [0.2, 0.25) is 0 Å². The van der Waals surface area contributed by atoms with E-state index in [-0.39, 0.29) is 12.0 Å². The van der Waals surface area contributed by atoms with E-state index in [9.17, 15) is 4.79 Å². The van der Waals surface area contributed by atoms with E-state index in [2.05, 4.69) is 23.7 Å². The number of methoxy groups -OCH3 is 1. The first-order chi connectivity index (χ1) is 9.22. The summed E-state index contributed by atoms with van der Waals surface area (Å²) in [6.07, 6.45) is 4.72. The first kappa shape index (κ1) is 15.6. The van der Waals surface area contributed by atoms with Gasteiger partial charge in [-0.15, -0.1) is 0 Å². The fraction of sp³-hybridized carbons (Fsp3) is 0.600. The lowest BCUT2D eigenvalue weighted by molar-refractivity contribution is -0.147. The zero-order valence-electron chi connectivity index (χ0n) is 12.1. The minimum absolute atomic E-state index is 0.147. The molecule has 4 heteroatoms. The molecule has 1 unspecified atom stereocenters. The second-order valence-corrected chi connectivity index (χ2v) is 4.57. The molecule has 0 saturated heterocycles. The van der Waals surface area contributed by atoms with Gasteiger partial charge >= 0.3 is 5.97 Å². The molecule has 0 saturated carbocycles. The van der Waals surface area contributed by atoms with Crippen LogP contribution in [0.1, 0.15) is 38.8 Å². The minimum atomic E-state index is -0.169. The molecule has 1 heterocycles. The van der Waals surface area contributed by atoms with E-state index in [0.717, 1.165) is 31.5 Å². The summed E-state index contributed by atoms with van der Waals surface area (Å²) in [6, 6.07) is 5.68. The molecule has 0 bridgehead atoms. The molecule has 1 atom stereocenters. The molecule has 0 amide bonds. The highest BCUT2D eigenvalue weighted by atomic mass is 16.5. The summed E-state index contributed by atoms with van der Waals surface area (Å²) >= 11 is 0. The van der Waals surface area contributed by atoms with Gasteiger partial charge in [-0.25, -0.2) is 0 Å². The zero-order chi connectivity index (χ0) is 14.1. The van der Waals surface area contributed by atoms with Crippen molar-refractivity contribution in [2.75, 3.05) is 13.7 Å². The molecule has 0 aliphatic carbocycles. The Morgan fingerprint density at radius 2 is 2.21 bits per heavy atom. The summed E-state index contributed by atoms with van der Waals surface area (Å²) in [5.74, 6) is -0.147. The molecule has 4 nitrogen and oxygen atoms in total. The van der Waals surface area contributed by atoms with E-state index in [4.69, 9.17) is 4.74 Å². The van der Waals surface area contributed by atoms with Gasteiger partial charge in [0.2, 0.25) is 0 Å². The Morgan fingerprint density at radius 3 is 2.74 bits per heavy atom. The Hall–Kier alpha value is -1.42. The van der Waals surface area contributed by atoms with Crippen LogP contribution >= 0.6 is 0 Å². The molecule has 1 aromatic heterocycles. The highest BCUT2D eigenvalue weighted by Gasteiger charge is 2.25. The van der Waals surface area contributed by atoms with E-state index in [0.29, 0.717) is 6.54 Å². The smallest absolute Gasteiger partial charge is 0.323 e. The maximum absolute atomic E-state index is 11.9. The highest BCUT2D eigenvalue weighted by Crippen LogP contribution is 2.13. The van der Waals surface area contributed by atoms with Crippen molar-refractivity contribution in [1.82, 2.24) is 9.88 Å². The van der Waals surface area contributed by atoms with Gasteiger partial charge in [-0.2, -0.15) is 0 Å². The molecule has 0 fully saturated rings. The molecule has 0 spiro atoms. The normalized spacial score (nSPS) is 12.4. The predicted molar refractivity (Wildman–Crippen MR) is 75.7 cm³/mol. The summed E-state index contributed by atoms with van der Waals surface area (Å²) in [7, 11) is 1.45. The molecule has 106 valence electrons. The Morgan fingerprint density at radius 1 is 1.42 bits per heavy atom. The number of aromatic nitrogens is 1. The first-order valence-corrected chi connectivity index (χ1v) is 6.94. The van der Waals surface area contributed by atoms with Gasteiger partial charge in [0, 0.05) is 12.7 Å². The van der Waals surface area contributed by atoms with E-state index in [1.54, 1.807) is 6.20 Å². The van der Waals surface area contributed by atoms with Gasteiger partial charge < -0.3 is 4.74 Å². The topological polar surface area (TPSA) is 42.4 Å². The van der Waals surface area contributed by atoms with Crippen LogP contribution in [0.5, 0.6) is 0 Å². The van der Waals surface area contributed by atoms with Crippen LogP contribution in [0, 0.1) is 0 Å². The number of nitrogens with zero attached hydrogens (tertiary/aromatic N) is 2. The van der Waals surface area contributed by atoms with Gasteiger partial charge in [0.25, 0.3) is 0 Å². The molecule has 1 rings (SSSR count). The van der Waals surface area contributed by atoms with Gasteiger partial charge in [0.15, 0.2) is 0 Å². The summed E-state index contributed by atoms with van der Waals surface area (Å²) in [5.41, 5.74) is 0.981. The van der Waals surface area contributed by atoms with Crippen molar-refractivity contribution in [2.24, 2.45) is 0 Å². The lowest BCUT2D eigenvalue weighted by atomic mass is 10.1. The monoisotopic (exact) mass is 264 g/mol. The molecule has 0 aromatic carbocycles. The molecule has 0 N–H and O–H groups in total. The summed E-state index contributed by atoms with van der Waals surface area (Å²) in [4.78, 5) is 18.4. The number of likely N-dealkylation sites (N-methyl/N-ethyl adjacent to an activating group) is 1. The number of hydrogen-bond acceptors (Lipinski definition) is 4. The van der Waals surface area contributed by atoms with Crippen LogP contribution in [0.25, 0.3) is 0 Å². The number of ether oxygens (including phenoxy) is 1. The SMILES string of the molecule is CCCCC(C(=O)OC)N(CC)Cc1ccccn1. The summed E-state index contributed by atoms with van der Waals surface area (Å²) < 4.78 is 4.93. The fourth-order valence-corrected chi connectivity index (χ4v) is 2.13. The molecular formula is C15H24N2O2. The molecular weight excluding hydrogens is 240 g/mol. The lowest BCUT2D eigenvalue weighted by Gasteiger charge is -2.28. The zero-order valence-corrected chi connectivity index (χ0v) is 12.1. The average Bonchev–Trinajstić information content (AvgIpc) is 2.46. The first-order valence-electron chi connectivity index (χ1n) is 6.94. The molecule has 0 aliphatic heterocycles. The van der Waals surface area contributed by atoms with E-state index >= 15 is 0 Å². The van der Waals surface area contributed by atoms with Crippen LogP contribution < -0.4 is 0 Å². The van der Waals surface area contributed by atoms with Gasteiger partial charge in [-0.1, -0.05) is 32.8 Å². The molecule has 1 aromatic rings. The van der Waals surface area contributed by atoms with Crippen LogP contribution in [0.3, 0.4) is 0 Å². The van der Waals surface area contributed by atoms with E-state index < -0.39 is 0 Å². The number of pyridine rings is 1. The molecule has 19 heavy (non-hydrogen) atoms. The number of carbonyl (C=O) groups is 1. The lowest BCUT2D eigenvalue weighted by Crippen LogP contribution is -2.41. The number of carbonyl (C=O) groups excluding carboxylic acids is 1. The Kier molecular flexibility index (Phi) is 7.11. The predicted octanol–water partition coefficient (Wildman–Crippen LogP) is 2.64. The maximum atomic E-state index is 11.9. The van der Waals surface area contributed by atoms with Gasteiger partial charge in [-0.3, -0.25) is 14.7 Å². The van der Waals surface area contributed by atoms with Crippen molar-refractivity contribution in [1.29, 1.82) is 0 Å². The van der Waals surface area contributed by atoms with Gasteiger partial charge in [-0.05, 0) is 25.1 Å². The van der Waals surface area contributed by atoms with Crippen molar-refractivity contribution in [2.45, 2.75) is 45.7 Å². The Bertz CT molecular complexity index is 368. The number of rotatable bonds is 8. The largest absolute Gasteiger partial charge is 0.468 e. The third-order valence-electron chi connectivity index (χ3n) is 3.24. The minimum Gasteiger partial charge on any atom is -0.468 e. The third-order valence-corrected chi connectivity index (χ3v) is 3.24. The van der Waals surface area contributed by atoms with Crippen molar-refractivity contribution < 1.29 is 9.53 Å². The maximum Gasteiger partial charge on any atom is 0.323 e. The van der Waals surface area contributed by atoms with Crippen molar-refractivity contribution in [3.05, 3.63) is 30.1 Å². The number of unbranched alkanes of at least 4 members (excludes halogenated alkanes) is 1. The van der Waals surface area contributed by atoms with Crippen LogP contribution in [-0.2, 0) is 16.1 Å². The van der Waals surface area contributed by atoms with Crippen LogP contribution in [0.15, 0.2) is 24.4 Å². The summed E-state index contributed by atoms with van der Waals surface area (Å²) in [5, 5.41) is 0. The van der Waals surface area contributed by atoms with Gasteiger partial charge in [0.05, 0.1) is 12.8 Å². The number of esters is 1. The third kappa shape index (κ3) is 4.99. The van der Waals surface area contributed by atoms with Crippen LogP contribution in [0.4, 0.5) is 0 Å². The number of hydrogen-bond donors (Lipinski definition) is 0. The molecule has 0 radical (unpaired) electrons. The Balaban J connectivity index is 2.74. The summed E-state index contributed by atoms with van der Waals surface area (Å²) in [6.45, 7) is 5.68. The molecule has 0 aliphatic rings.